The third-order valence-corrected chi connectivity index (χ3v) is 5.85. The highest BCUT2D eigenvalue weighted by Crippen LogP contribution is 2.41. The van der Waals surface area contributed by atoms with Crippen LogP contribution in [0, 0.1) is 0 Å². The molecule has 0 fully saturated rings. The lowest BCUT2D eigenvalue weighted by Crippen LogP contribution is -2.43. The third-order valence-electron chi connectivity index (χ3n) is 5.85. The molecule has 0 saturated carbocycles. The van der Waals surface area contributed by atoms with Gasteiger partial charge >= 0.3 is 0 Å². The predicted octanol–water partition coefficient (Wildman–Crippen LogP) is 4.33. The zero-order valence-corrected chi connectivity index (χ0v) is 22.2. The van der Waals surface area contributed by atoms with E-state index in [0.29, 0.717) is 47.6 Å². The van der Waals surface area contributed by atoms with Gasteiger partial charge in [0.25, 0.3) is 0 Å². The number of nitrogens with two attached hydrogens (primary N) is 1. The van der Waals surface area contributed by atoms with Crippen LogP contribution < -0.4 is 38.7 Å². The number of ether oxygens (including phenoxy) is 6. The van der Waals surface area contributed by atoms with Crippen molar-refractivity contribution < 1.29 is 33.0 Å². The fourth-order valence-corrected chi connectivity index (χ4v) is 4.11. The van der Waals surface area contributed by atoms with E-state index < -0.39 is 0 Å². The summed E-state index contributed by atoms with van der Waals surface area (Å²) in [5, 5.41) is 0. The Hall–Kier alpha value is -4.17. The molecule has 0 spiro atoms. The molecule has 1 heterocycles. The van der Waals surface area contributed by atoms with Gasteiger partial charge in [-0.3, -0.25) is 0 Å². The molecule has 3 rings (SSSR count). The van der Waals surface area contributed by atoms with Crippen molar-refractivity contribution in [2.75, 3.05) is 49.2 Å². The average Bonchev–Trinajstić information content (AvgIpc) is 2.94. The van der Waals surface area contributed by atoms with E-state index in [4.69, 9.17) is 34.2 Å². The minimum atomic E-state index is 0.482. The Labute approximate surface area is 218 Å². The van der Waals surface area contributed by atoms with E-state index in [9.17, 15) is 0 Å². The maximum atomic E-state index is 5.97. The van der Waals surface area contributed by atoms with Crippen molar-refractivity contribution in [3.05, 3.63) is 65.0 Å². The van der Waals surface area contributed by atoms with Crippen LogP contribution in [0.1, 0.15) is 22.5 Å². The molecule has 0 saturated heterocycles. The lowest BCUT2D eigenvalue weighted by Gasteiger charge is -2.14. The summed E-state index contributed by atoms with van der Waals surface area (Å²) in [5.74, 6) is 3.49. The van der Waals surface area contributed by atoms with Crippen LogP contribution in [-0.2, 0) is 6.54 Å². The quantitative estimate of drug-likeness (QED) is 0.365. The molecular formula is C29H35N2O6+. The normalized spacial score (nSPS) is 11.1. The SMILES string of the molecule is COc1ccc(/C=C/c2cccc(/C=C/c3ccc(OC)c(OC)c3OC)[n+]2CCN)c(OC)c1OC. The number of rotatable bonds is 12. The van der Waals surface area contributed by atoms with Crippen LogP contribution in [0.2, 0.25) is 0 Å². The molecule has 2 aromatic carbocycles. The molecule has 37 heavy (non-hydrogen) atoms. The first kappa shape index (κ1) is 27.4. The molecule has 0 amide bonds. The minimum absolute atomic E-state index is 0.482. The van der Waals surface area contributed by atoms with Gasteiger partial charge in [0.2, 0.25) is 22.9 Å². The molecule has 0 unspecified atom stereocenters. The zero-order valence-electron chi connectivity index (χ0n) is 22.2. The second kappa shape index (κ2) is 13.2. The monoisotopic (exact) mass is 507 g/mol. The van der Waals surface area contributed by atoms with E-state index in [1.54, 1.807) is 42.7 Å². The van der Waals surface area contributed by atoms with E-state index in [2.05, 4.69) is 4.57 Å². The van der Waals surface area contributed by atoms with Crippen molar-refractivity contribution in [3.8, 4) is 34.5 Å². The second-order valence-electron chi connectivity index (χ2n) is 7.83. The van der Waals surface area contributed by atoms with Gasteiger partial charge in [-0.05, 0) is 42.5 Å². The molecule has 0 aliphatic carbocycles. The minimum Gasteiger partial charge on any atom is -0.493 e. The fourth-order valence-electron chi connectivity index (χ4n) is 4.11. The van der Waals surface area contributed by atoms with Gasteiger partial charge in [0.15, 0.2) is 29.5 Å². The Balaban J connectivity index is 2.03. The van der Waals surface area contributed by atoms with Gasteiger partial charge < -0.3 is 34.2 Å². The van der Waals surface area contributed by atoms with Gasteiger partial charge in [-0.25, -0.2) is 0 Å². The highest BCUT2D eigenvalue weighted by atomic mass is 16.5. The molecule has 0 aliphatic heterocycles. The highest BCUT2D eigenvalue weighted by molar-refractivity contribution is 5.76. The molecule has 2 N–H and O–H groups in total. The first-order chi connectivity index (χ1) is 18.1. The van der Waals surface area contributed by atoms with Crippen molar-refractivity contribution in [1.29, 1.82) is 0 Å². The summed E-state index contributed by atoms with van der Waals surface area (Å²) in [6.07, 6.45) is 8.00. The molecule has 0 atom stereocenters. The summed E-state index contributed by atoms with van der Waals surface area (Å²) in [4.78, 5) is 0. The average molecular weight is 508 g/mol. The number of pyridine rings is 1. The zero-order chi connectivity index (χ0) is 26.8. The molecule has 196 valence electrons. The maximum Gasteiger partial charge on any atom is 0.205 e. The van der Waals surface area contributed by atoms with Crippen LogP contribution in [0.4, 0.5) is 0 Å². The van der Waals surface area contributed by atoms with Gasteiger partial charge in [-0.15, -0.1) is 0 Å². The second-order valence-corrected chi connectivity index (χ2v) is 7.83. The highest BCUT2D eigenvalue weighted by Gasteiger charge is 2.17. The fraction of sp³-hybridized carbons (Fsp3) is 0.276. The van der Waals surface area contributed by atoms with Crippen molar-refractivity contribution in [2.24, 2.45) is 5.73 Å². The lowest BCUT2D eigenvalue weighted by atomic mass is 10.1. The summed E-state index contributed by atoms with van der Waals surface area (Å²) >= 11 is 0. The number of benzene rings is 2. The Morgan fingerprint density at radius 1 is 0.568 bits per heavy atom. The smallest absolute Gasteiger partial charge is 0.205 e. The van der Waals surface area contributed by atoms with Crippen molar-refractivity contribution in [1.82, 2.24) is 0 Å². The number of methoxy groups -OCH3 is 6. The molecular weight excluding hydrogens is 472 g/mol. The molecule has 1 aromatic heterocycles. The van der Waals surface area contributed by atoms with E-state index in [-0.39, 0.29) is 0 Å². The topological polar surface area (TPSA) is 85.3 Å². The van der Waals surface area contributed by atoms with Crippen LogP contribution in [0.25, 0.3) is 24.3 Å². The Kier molecular flexibility index (Phi) is 9.80. The van der Waals surface area contributed by atoms with E-state index in [1.165, 1.54) is 0 Å². The maximum absolute atomic E-state index is 5.97. The lowest BCUT2D eigenvalue weighted by molar-refractivity contribution is -0.697. The van der Waals surface area contributed by atoms with Crippen LogP contribution >= 0.6 is 0 Å². The van der Waals surface area contributed by atoms with Crippen molar-refractivity contribution >= 4 is 24.3 Å². The summed E-state index contributed by atoms with van der Waals surface area (Å²) in [6.45, 7) is 1.11. The Morgan fingerprint density at radius 2 is 1.00 bits per heavy atom. The Morgan fingerprint density at radius 3 is 1.35 bits per heavy atom. The number of aromatic nitrogens is 1. The van der Waals surface area contributed by atoms with Crippen LogP contribution in [0.15, 0.2) is 42.5 Å². The molecule has 0 radical (unpaired) electrons. The molecule has 3 aromatic rings. The summed E-state index contributed by atoms with van der Waals surface area (Å²) in [6, 6.07) is 13.6. The van der Waals surface area contributed by atoms with Gasteiger partial charge in [-0.2, -0.15) is 4.57 Å². The summed E-state index contributed by atoms with van der Waals surface area (Å²) in [5.41, 5.74) is 9.64. The third kappa shape index (κ3) is 5.98. The van der Waals surface area contributed by atoms with E-state index in [1.807, 2.05) is 66.8 Å². The predicted molar refractivity (Wildman–Crippen MR) is 146 cm³/mol. The molecule has 0 aliphatic rings. The van der Waals surface area contributed by atoms with E-state index in [0.717, 1.165) is 22.5 Å². The Bertz CT molecular complexity index is 1180. The van der Waals surface area contributed by atoms with Crippen LogP contribution in [-0.4, -0.2) is 49.2 Å². The van der Waals surface area contributed by atoms with Gasteiger partial charge in [0.05, 0.1) is 49.2 Å². The van der Waals surface area contributed by atoms with Gasteiger partial charge in [-0.1, -0.05) is 0 Å². The largest absolute Gasteiger partial charge is 0.493 e. The molecule has 8 nitrogen and oxygen atoms in total. The van der Waals surface area contributed by atoms with Gasteiger partial charge in [0.1, 0.15) is 0 Å². The number of hydrogen-bond acceptors (Lipinski definition) is 7. The van der Waals surface area contributed by atoms with Crippen LogP contribution in [0.5, 0.6) is 34.5 Å². The molecule has 0 bridgehead atoms. The van der Waals surface area contributed by atoms with E-state index >= 15 is 0 Å². The first-order valence-corrected chi connectivity index (χ1v) is 11.7. The standard InChI is InChI=1S/C29H35N2O6/c1-32-24-16-12-20(26(34-3)28(24)36-5)10-14-22-8-7-9-23(31(22)19-18-30)15-11-21-13-17-25(33-2)29(37-6)27(21)35-4/h7-17H,18-19,30H2,1-6H3/q+1/b14-10+,15-11+. The van der Waals surface area contributed by atoms with Crippen molar-refractivity contribution in [3.63, 3.8) is 0 Å². The first-order valence-electron chi connectivity index (χ1n) is 11.7. The van der Waals surface area contributed by atoms with Crippen molar-refractivity contribution in [2.45, 2.75) is 6.54 Å². The van der Waals surface area contributed by atoms with Crippen LogP contribution in [0.3, 0.4) is 0 Å². The summed E-state index contributed by atoms with van der Waals surface area (Å²) < 4.78 is 35.2. The number of nitrogens with zero attached hydrogens (tertiary/aromatic N) is 1. The molecule has 8 heteroatoms. The summed E-state index contributed by atoms with van der Waals surface area (Å²) in [7, 11) is 9.59. The number of hydrogen-bond donors (Lipinski definition) is 1. The van der Waals surface area contributed by atoms with Gasteiger partial charge in [0, 0.05) is 35.4 Å².